The van der Waals surface area contributed by atoms with Crippen molar-refractivity contribution in [3.05, 3.63) is 35.4 Å². The van der Waals surface area contributed by atoms with Crippen molar-refractivity contribution >= 4 is 35.6 Å². The maximum atomic E-state index is 12.4. The van der Waals surface area contributed by atoms with Crippen molar-refractivity contribution in [3.8, 4) is 0 Å². The molecule has 1 atom stereocenters. The van der Waals surface area contributed by atoms with E-state index in [0.29, 0.717) is 0 Å². The molecule has 0 fully saturated rings. The fourth-order valence-corrected chi connectivity index (χ4v) is 2.43. The summed E-state index contributed by atoms with van der Waals surface area (Å²) in [7, 11) is 0. The number of aliphatic imine (C=N–C) groups is 1. The van der Waals surface area contributed by atoms with Crippen LogP contribution in [-0.2, 0) is 0 Å². The lowest BCUT2D eigenvalue weighted by atomic mass is 10.1. The quantitative estimate of drug-likeness (QED) is 0.324. The highest BCUT2D eigenvalue weighted by atomic mass is 32.1. The highest BCUT2D eigenvalue weighted by molar-refractivity contribution is 7.96. The SMILES string of the molecule is CCC(N=C(N)N)N(C(=O)S)N1C(=O)c2ccccc2C1=O. The number of nitrogens with two attached hydrogens (primary N) is 2. The topological polar surface area (TPSA) is 122 Å². The normalized spacial score (nSPS) is 14.5. The molecule has 1 unspecified atom stereocenters. The van der Waals surface area contributed by atoms with Crippen LogP contribution >= 0.6 is 12.6 Å². The van der Waals surface area contributed by atoms with Gasteiger partial charge in [0, 0.05) is 0 Å². The molecule has 4 N–H and O–H groups in total. The molecule has 0 saturated heterocycles. The van der Waals surface area contributed by atoms with Crippen LogP contribution in [0.25, 0.3) is 0 Å². The summed E-state index contributed by atoms with van der Waals surface area (Å²) in [6.45, 7) is 1.71. The largest absolute Gasteiger partial charge is 0.370 e. The van der Waals surface area contributed by atoms with Crippen LogP contribution in [0.4, 0.5) is 4.79 Å². The highest BCUT2D eigenvalue weighted by Crippen LogP contribution is 2.27. The molecule has 9 heteroatoms. The zero-order valence-electron chi connectivity index (χ0n) is 11.8. The Morgan fingerprint density at radius 1 is 1.27 bits per heavy atom. The standard InChI is InChI=1S/C13H15N5O3S/c1-2-9(16-12(14)15)17(13(21)22)18-10(19)7-5-3-4-6-8(7)11(18)20/h3-6,9H,2H2,1H3,(H,21,22)(H4,14,15,16). The Labute approximate surface area is 132 Å². The Bertz CT molecular complexity index is 636. The lowest BCUT2D eigenvalue weighted by Gasteiger charge is -2.32. The van der Waals surface area contributed by atoms with E-state index in [1.807, 2.05) is 0 Å². The van der Waals surface area contributed by atoms with Crippen LogP contribution in [0, 0.1) is 0 Å². The summed E-state index contributed by atoms with van der Waals surface area (Å²) < 4.78 is 0. The van der Waals surface area contributed by atoms with E-state index >= 15 is 0 Å². The van der Waals surface area contributed by atoms with E-state index < -0.39 is 23.2 Å². The number of guanidine groups is 1. The van der Waals surface area contributed by atoms with E-state index in [1.54, 1.807) is 19.1 Å². The number of fused-ring (bicyclic) bond motifs is 1. The fraction of sp³-hybridized carbons (Fsp3) is 0.231. The van der Waals surface area contributed by atoms with E-state index in [9.17, 15) is 14.4 Å². The van der Waals surface area contributed by atoms with Gasteiger partial charge >= 0.3 is 0 Å². The van der Waals surface area contributed by atoms with Crippen molar-refractivity contribution in [1.82, 2.24) is 10.0 Å². The van der Waals surface area contributed by atoms with Gasteiger partial charge in [0.25, 0.3) is 17.1 Å². The Hall–Kier alpha value is -2.55. The molecule has 0 radical (unpaired) electrons. The summed E-state index contributed by atoms with van der Waals surface area (Å²) in [6, 6.07) is 6.29. The molecule has 1 aliphatic rings. The monoisotopic (exact) mass is 321 g/mol. The van der Waals surface area contributed by atoms with Gasteiger partial charge in [0.1, 0.15) is 6.17 Å². The van der Waals surface area contributed by atoms with Gasteiger partial charge in [-0.2, -0.15) is 5.01 Å². The summed E-state index contributed by atoms with van der Waals surface area (Å²) in [4.78, 5) is 40.6. The smallest absolute Gasteiger partial charge is 0.299 e. The van der Waals surface area contributed by atoms with Gasteiger partial charge in [0.05, 0.1) is 11.1 Å². The maximum absolute atomic E-state index is 12.4. The van der Waals surface area contributed by atoms with Crippen molar-refractivity contribution in [1.29, 1.82) is 0 Å². The molecule has 0 saturated carbocycles. The average Bonchev–Trinajstić information content (AvgIpc) is 2.71. The number of benzene rings is 1. The first-order valence-electron chi connectivity index (χ1n) is 6.47. The summed E-state index contributed by atoms with van der Waals surface area (Å²) in [5, 5.41) is 0.764. The predicted molar refractivity (Wildman–Crippen MR) is 83.1 cm³/mol. The van der Waals surface area contributed by atoms with Crippen molar-refractivity contribution in [2.45, 2.75) is 19.5 Å². The van der Waals surface area contributed by atoms with E-state index in [2.05, 4.69) is 17.6 Å². The molecule has 8 nitrogen and oxygen atoms in total. The number of hydrogen-bond acceptors (Lipinski definition) is 4. The molecule has 2 rings (SSSR count). The summed E-state index contributed by atoms with van der Waals surface area (Å²) in [5.41, 5.74) is 11.1. The van der Waals surface area contributed by atoms with Gasteiger partial charge in [-0.3, -0.25) is 14.4 Å². The van der Waals surface area contributed by atoms with Crippen molar-refractivity contribution in [2.75, 3.05) is 0 Å². The first-order valence-corrected chi connectivity index (χ1v) is 6.91. The number of carbonyl (C=O) groups excluding carboxylic acids is 3. The first kappa shape index (κ1) is 15.8. The molecule has 1 aromatic rings. The van der Waals surface area contributed by atoms with Gasteiger partial charge in [-0.05, 0) is 18.6 Å². The zero-order valence-corrected chi connectivity index (χ0v) is 12.7. The second-order valence-corrected chi connectivity index (χ2v) is 4.92. The molecule has 0 aliphatic carbocycles. The van der Waals surface area contributed by atoms with Gasteiger partial charge in [0.2, 0.25) is 0 Å². The average molecular weight is 321 g/mol. The second kappa shape index (κ2) is 6.06. The molecular weight excluding hydrogens is 306 g/mol. The van der Waals surface area contributed by atoms with E-state index in [4.69, 9.17) is 11.5 Å². The minimum absolute atomic E-state index is 0.214. The molecule has 1 aromatic carbocycles. The van der Waals surface area contributed by atoms with Crippen LogP contribution in [0.1, 0.15) is 34.1 Å². The van der Waals surface area contributed by atoms with Gasteiger partial charge in [0.15, 0.2) is 5.96 Å². The van der Waals surface area contributed by atoms with Gasteiger partial charge < -0.3 is 11.5 Å². The Balaban J connectivity index is 2.47. The summed E-state index contributed by atoms with van der Waals surface area (Å²) >= 11 is 3.73. The Morgan fingerprint density at radius 3 is 2.14 bits per heavy atom. The number of nitrogens with zero attached hydrogens (tertiary/aromatic N) is 3. The number of hydrogen-bond donors (Lipinski definition) is 3. The molecule has 1 heterocycles. The molecule has 1 aliphatic heterocycles. The number of carbonyl (C=O) groups is 3. The zero-order chi connectivity index (χ0) is 16.4. The third kappa shape index (κ3) is 2.62. The summed E-state index contributed by atoms with van der Waals surface area (Å²) in [5.74, 6) is -1.50. The molecule has 3 amide bonds. The number of amides is 3. The molecule has 22 heavy (non-hydrogen) atoms. The molecular formula is C13H15N5O3S. The van der Waals surface area contributed by atoms with Gasteiger partial charge in [-0.25, -0.2) is 10.0 Å². The van der Waals surface area contributed by atoms with E-state index in [0.717, 1.165) is 10.0 Å². The molecule has 0 aromatic heterocycles. The van der Waals surface area contributed by atoms with Gasteiger partial charge in [-0.15, -0.1) is 0 Å². The number of imide groups is 1. The van der Waals surface area contributed by atoms with Crippen LogP contribution in [0.5, 0.6) is 0 Å². The Kier molecular flexibility index (Phi) is 4.36. The van der Waals surface area contributed by atoms with Crippen LogP contribution < -0.4 is 11.5 Å². The number of thiol groups is 1. The van der Waals surface area contributed by atoms with Crippen LogP contribution in [0.3, 0.4) is 0 Å². The molecule has 0 spiro atoms. The minimum atomic E-state index is -0.905. The van der Waals surface area contributed by atoms with Crippen LogP contribution in [0.2, 0.25) is 0 Å². The maximum Gasteiger partial charge on any atom is 0.299 e. The lowest BCUT2D eigenvalue weighted by Crippen LogP contribution is -2.53. The minimum Gasteiger partial charge on any atom is -0.370 e. The van der Waals surface area contributed by atoms with Gasteiger partial charge in [-0.1, -0.05) is 31.7 Å². The molecule has 116 valence electrons. The first-order chi connectivity index (χ1) is 10.4. The van der Waals surface area contributed by atoms with Crippen LogP contribution in [-0.4, -0.2) is 39.2 Å². The third-order valence-corrected chi connectivity index (χ3v) is 3.33. The number of hydrazine groups is 1. The van der Waals surface area contributed by atoms with E-state index in [1.165, 1.54) is 12.1 Å². The number of rotatable bonds is 4. The lowest BCUT2D eigenvalue weighted by molar-refractivity contribution is 0.00876. The third-order valence-electron chi connectivity index (χ3n) is 3.13. The predicted octanol–water partition coefficient (Wildman–Crippen LogP) is 0.559. The van der Waals surface area contributed by atoms with Crippen molar-refractivity contribution in [2.24, 2.45) is 16.5 Å². The van der Waals surface area contributed by atoms with E-state index in [-0.39, 0.29) is 23.5 Å². The van der Waals surface area contributed by atoms with Crippen LogP contribution in [0.15, 0.2) is 29.3 Å². The Morgan fingerprint density at radius 2 is 1.77 bits per heavy atom. The second-order valence-electron chi connectivity index (χ2n) is 4.54. The summed E-state index contributed by atoms with van der Waals surface area (Å²) in [6.07, 6.45) is -0.616. The molecule has 0 bridgehead atoms. The fourth-order valence-electron chi connectivity index (χ4n) is 2.21. The highest BCUT2D eigenvalue weighted by Gasteiger charge is 2.43. The van der Waals surface area contributed by atoms with Crippen molar-refractivity contribution < 1.29 is 14.4 Å². The van der Waals surface area contributed by atoms with Crippen molar-refractivity contribution in [3.63, 3.8) is 0 Å².